The van der Waals surface area contributed by atoms with Crippen LogP contribution in [0.25, 0.3) is 0 Å². The molecule has 2 rings (SSSR count). The average molecular weight is 245 g/mol. The summed E-state index contributed by atoms with van der Waals surface area (Å²) in [5.74, 6) is 2.57. The van der Waals surface area contributed by atoms with Crippen molar-refractivity contribution in [1.29, 1.82) is 0 Å². The lowest BCUT2D eigenvalue weighted by Gasteiger charge is -2.08. The zero-order chi connectivity index (χ0) is 12.8. The third-order valence-electron chi connectivity index (χ3n) is 3.29. The summed E-state index contributed by atoms with van der Waals surface area (Å²) in [5.41, 5.74) is 0.856. The smallest absolute Gasteiger partial charge is 0.152 e. The quantitative estimate of drug-likeness (QED) is 0.607. The normalized spacial score (nSPS) is 15.7. The molecule has 0 atom stereocenters. The predicted molar refractivity (Wildman–Crippen MR) is 70.1 cm³/mol. The van der Waals surface area contributed by atoms with E-state index in [1.807, 2.05) is 16.9 Å². The SMILES string of the molecule is C#CCNCC(=O)Cc1ccn(C2CCCC2)n1. The molecule has 1 aliphatic carbocycles. The van der Waals surface area contributed by atoms with Crippen LogP contribution in [0.1, 0.15) is 37.4 Å². The van der Waals surface area contributed by atoms with E-state index >= 15 is 0 Å². The molecule has 4 heteroatoms. The molecule has 1 aromatic heterocycles. The Morgan fingerprint density at radius 2 is 2.33 bits per heavy atom. The zero-order valence-corrected chi connectivity index (χ0v) is 10.6. The molecule has 18 heavy (non-hydrogen) atoms. The summed E-state index contributed by atoms with van der Waals surface area (Å²) in [4.78, 5) is 11.6. The van der Waals surface area contributed by atoms with Gasteiger partial charge in [-0.3, -0.25) is 14.8 Å². The summed E-state index contributed by atoms with van der Waals surface area (Å²) >= 11 is 0. The molecule has 0 spiro atoms. The average Bonchev–Trinajstić information content (AvgIpc) is 2.98. The van der Waals surface area contributed by atoms with Gasteiger partial charge < -0.3 is 0 Å². The van der Waals surface area contributed by atoms with Gasteiger partial charge in [0.1, 0.15) is 0 Å². The van der Waals surface area contributed by atoms with Crippen LogP contribution in [0.3, 0.4) is 0 Å². The third kappa shape index (κ3) is 3.44. The van der Waals surface area contributed by atoms with E-state index in [0.29, 0.717) is 25.6 Å². The number of hydrogen-bond acceptors (Lipinski definition) is 3. The predicted octanol–water partition coefficient (Wildman–Crippen LogP) is 1.33. The molecule has 1 aliphatic rings. The molecule has 0 bridgehead atoms. The van der Waals surface area contributed by atoms with Gasteiger partial charge in [-0.15, -0.1) is 6.42 Å². The van der Waals surface area contributed by atoms with E-state index in [9.17, 15) is 4.79 Å². The summed E-state index contributed by atoms with van der Waals surface area (Å²) in [5, 5.41) is 7.38. The highest BCUT2D eigenvalue weighted by Gasteiger charge is 2.17. The van der Waals surface area contributed by atoms with Crippen molar-refractivity contribution >= 4 is 5.78 Å². The number of carbonyl (C=O) groups excluding carboxylic acids is 1. The fraction of sp³-hybridized carbons (Fsp3) is 0.571. The van der Waals surface area contributed by atoms with Gasteiger partial charge in [0.05, 0.1) is 31.2 Å². The lowest BCUT2D eigenvalue weighted by Crippen LogP contribution is -2.24. The molecule has 4 nitrogen and oxygen atoms in total. The Bertz CT molecular complexity index is 438. The maximum atomic E-state index is 11.6. The molecular weight excluding hydrogens is 226 g/mol. The van der Waals surface area contributed by atoms with E-state index < -0.39 is 0 Å². The number of Topliss-reactive ketones (excluding diaryl/α,β-unsaturated/α-hetero) is 1. The largest absolute Gasteiger partial charge is 0.299 e. The third-order valence-corrected chi connectivity index (χ3v) is 3.29. The molecular formula is C14H19N3O. The summed E-state index contributed by atoms with van der Waals surface area (Å²) in [6, 6.07) is 2.48. The van der Waals surface area contributed by atoms with Gasteiger partial charge in [-0.1, -0.05) is 18.8 Å². The van der Waals surface area contributed by atoms with Crippen molar-refractivity contribution in [3.05, 3.63) is 18.0 Å². The Morgan fingerprint density at radius 3 is 3.06 bits per heavy atom. The first-order valence-electron chi connectivity index (χ1n) is 6.49. The van der Waals surface area contributed by atoms with E-state index in [1.165, 1.54) is 25.7 Å². The van der Waals surface area contributed by atoms with Crippen LogP contribution in [0.2, 0.25) is 0 Å². The molecule has 1 fully saturated rings. The van der Waals surface area contributed by atoms with Crippen molar-refractivity contribution in [2.24, 2.45) is 0 Å². The van der Waals surface area contributed by atoms with Gasteiger partial charge in [0, 0.05) is 6.20 Å². The molecule has 96 valence electrons. The van der Waals surface area contributed by atoms with Gasteiger partial charge in [-0.25, -0.2) is 0 Å². The Morgan fingerprint density at radius 1 is 1.56 bits per heavy atom. The van der Waals surface area contributed by atoms with Crippen LogP contribution in [0.15, 0.2) is 12.3 Å². The Hall–Kier alpha value is -1.60. The minimum Gasteiger partial charge on any atom is -0.299 e. The lowest BCUT2D eigenvalue weighted by atomic mass is 10.2. The first kappa shape index (κ1) is 12.8. The second-order valence-corrected chi connectivity index (χ2v) is 4.75. The van der Waals surface area contributed by atoms with Crippen LogP contribution in [0.4, 0.5) is 0 Å². The number of carbonyl (C=O) groups is 1. The van der Waals surface area contributed by atoms with Crippen molar-refractivity contribution in [3.63, 3.8) is 0 Å². The molecule has 0 aliphatic heterocycles. The molecule has 0 amide bonds. The summed E-state index contributed by atoms with van der Waals surface area (Å²) in [6.45, 7) is 0.753. The maximum Gasteiger partial charge on any atom is 0.152 e. The first-order valence-corrected chi connectivity index (χ1v) is 6.49. The lowest BCUT2D eigenvalue weighted by molar-refractivity contribution is -0.117. The van der Waals surface area contributed by atoms with Crippen LogP contribution in [-0.4, -0.2) is 28.7 Å². The van der Waals surface area contributed by atoms with E-state index in [1.54, 1.807) is 0 Å². The highest BCUT2D eigenvalue weighted by Crippen LogP contribution is 2.28. The van der Waals surface area contributed by atoms with Gasteiger partial charge >= 0.3 is 0 Å². The zero-order valence-electron chi connectivity index (χ0n) is 10.6. The fourth-order valence-corrected chi connectivity index (χ4v) is 2.38. The topological polar surface area (TPSA) is 46.9 Å². The molecule has 1 aromatic rings. The van der Waals surface area contributed by atoms with Crippen molar-refractivity contribution < 1.29 is 4.79 Å². The monoisotopic (exact) mass is 245 g/mol. The van der Waals surface area contributed by atoms with Crippen molar-refractivity contribution in [2.75, 3.05) is 13.1 Å². The van der Waals surface area contributed by atoms with Crippen LogP contribution in [0, 0.1) is 12.3 Å². The second kappa shape index (κ2) is 6.36. The number of aromatic nitrogens is 2. The van der Waals surface area contributed by atoms with Gasteiger partial charge in [-0.05, 0) is 18.9 Å². The highest BCUT2D eigenvalue weighted by molar-refractivity contribution is 5.82. The van der Waals surface area contributed by atoms with Gasteiger partial charge in [0.25, 0.3) is 0 Å². The highest BCUT2D eigenvalue weighted by atomic mass is 16.1. The maximum absolute atomic E-state index is 11.6. The number of nitrogens with one attached hydrogen (secondary N) is 1. The van der Waals surface area contributed by atoms with E-state index in [2.05, 4.69) is 16.3 Å². The molecule has 1 N–H and O–H groups in total. The molecule has 1 saturated carbocycles. The van der Waals surface area contributed by atoms with Gasteiger partial charge in [0.2, 0.25) is 0 Å². The van der Waals surface area contributed by atoms with Gasteiger partial charge in [-0.2, -0.15) is 5.10 Å². The molecule has 0 saturated heterocycles. The van der Waals surface area contributed by atoms with Crippen LogP contribution < -0.4 is 5.32 Å². The second-order valence-electron chi connectivity index (χ2n) is 4.75. The summed E-state index contributed by atoms with van der Waals surface area (Å²) in [6.07, 6.45) is 12.5. The number of hydrogen-bond donors (Lipinski definition) is 1. The van der Waals surface area contributed by atoms with Crippen LogP contribution in [-0.2, 0) is 11.2 Å². The molecule has 0 aromatic carbocycles. The first-order chi connectivity index (χ1) is 8.79. The van der Waals surface area contributed by atoms with E-state index in [-0.39, 0.29) is 5.78 Å². The van der Waals surface area contributed by atoms with Crippen molar-refractivity contribution in [2.45, 2.75) is 38.1 Å². The minimum absolute atomic E-state index is 0.127. The molecule has 1 heterocycles. The van der Waals surface area contributed by atoms with Crippen LogP contribution in [0.5, 0.6) is 0 Å². The van der Waals surface area contributed by atoms with E-state index in [0.717, 1.165) is 5.69 Å². The Balaban J connectivity index is 1.82. The minimum atomic E-state index is 0.127. The Kier molecular flexibility index (Phi) is 4.54. The standard InChI is InChI=1S/C14H19N3O/c1-2-8-15-11-14(18)10-12-7-9-17(16-12)13-5-3-4-6-13/h1,7,9,13,15H,3-6,8,10-11H2. The van der Waals surface area contributed by atoms with Crippen LogP contribution >= 0.6 is 0 Å². The number of ketones is 1. The number of terminal acetylenes is 1. The van der Waals surface area contributed by atoms with Crippen molar-refractivity contribution in [1.82, 2.24) is 15.1 Å². The Labute approximate surface area is 108 Å². The van der Waals surface area contributed by atoms with Gasteiger partial charge in [0.15, 0.2) is 5.78 Å². The summed E-state index contributed by atoms with van der Waals surface area (Å²) in [7, 11) is 0. The molecule has 0 unspecified atom stereocenters. The fourth-order valence-electron chi connectivity index (χ4n) is 2.38. The summed E-state index contributed by atoms with van der Waals surface area (Å²) < 4.78 is 2.02. The molecule has 0 radical (unpaired) electrons. The number of nitrogens with zero attached hydrogens (tertiary/aromatic N) is 2. The van der Waals surface area contributed by atoms with Crippen molar-refractivity contribution in [3.8, 4) is 12.3 Å². The van der Waals surface area contributed by atoms with E-state index in [4.69, 9.17) is 6.42 Å². The number of rotatable bonds is 6.